The van der Waals surface area contributed by atoms with Crippen molar-refractivity contribution in [1.29, 1.82) is 0 Å². The van der Waals surface area contributed by atoms with Crippen LogP contribution in [0.5, 0.6) is 0 Å². The number of anilines is 1. The van der Waals surface area contributed by atoms with Gasteiger partial charge in [-0.25, -0.2) is 4.79 Å². The lowest BCUT2D eigenvalue weighted by Crippen LogP contribution is -2.26. The summed E-state index contributed by atoms with van der Waals surface area (Å²) in [5.74, 6) is 0. The number of thioether (sulfide) groups is 1. The second kappa shape index (κ2) is 5.66. The van der Waals surface area contributed by atoms with Crippen molar-refractivity contribution in [2.75, 3.05) is 24.8 Å². The molecule has 1 rings (SSSR count). The highest BCUT2D eigenvalue weighted by atomic mass is 32.2. The molecule has 4 heteroatoms. The molecule has 0 heterocycles. The summed E-state index contributed by atoms with van der Waals surface area (Å²) >= 11 is 1.66. The molecule has 0 saturated carbocycles. The second-order valence-electron chi connectivity index (χ2n) is 2.87. The Labute approximate surface area is 94.4 Å². The predicted octanol–water partition coefficient (Wildman–Crippen LogP) is 2.82. The SMILES string of the molecule is [CH2]COC(=O)N(C)c1ccc(SC)cc1. The van der Waals surface area contributed by atoms with Gasteiger partial charge in [0.15, 0.2) is 0 Å². The largest absolute Gasteiger partial charge is 0.449 e. The lowest BCUT2D eigenvalue weighted by Gasteiger charge is -2.16. The van der Waals surface area contributed by atoms with E-state index in [1.54, 1.807) is 18.8 Å². The number of ether oxygens (including phenoxy) is 1. The summed E-state index contributed by atoms with van der Waals surface area (Å²) < 4.78 is 4.79. The van der Waals surface area contributed by atoms with Crippen LogP contribution in [0.25, 0.3) is 0 Å². The van der Waals surface area contributed by atoms with Crippen LogP contribution in [-0.2, 0) is 4.74 Å². The summed E-state index contributed by atoms with van der Waals surface area (Å²) in [5, 5.41) is 0. The third kappa shape index (κ3) is 3.16. The van der Waals surface area contributed by atoms with Gasteiger partial charge in [-0.05, 0) is 37.4 Å². The molecule has 0 N–H and O–H groups in total. The van der Waals surface area contributed by atoms with Crippen LogP contribution in [0.3, 0.4) is 0 Å². The lowest BCUT2D eigenvalue weighted by molar-refractivity contribution is 0.167. The minimum Gasteiger partial charge on any atom is -0.449 e. The molecule has 0 aliphatic carbocycles. The van der Waals surface area contributed by atoms with E-state index in [0.717, 1.165) is 10.6 Å². The number of carbonyl (C=O) groups is 1. The molecule has 0 saturated heterocycles. The monoisotopic (exact) mass is 224 g/mol. The van der Waals surface area contributed by atoms with Gasteiger partial charge in [0.1, 0.15) is 0 Å². The zero-order chi connectivity index (χ0) is 11.3. The highest BCUT2D eigenvalue weighted by Gasteiger charge is 2.10. The quantitative estimate of drug-likeness (QED) is 0.739. The normalized spacial score (nSPS) is 9.80. The molecular formula is C11H14NO2S. The predicted molar refractivity (Wildman–Crippen MR) is 63.3 cm³/mol. The van der Waals surface area contributed by atoms with Crippen LogP contribution in [0.2, 0.25) is 0 Å². The van der Waals surface area contributed by atoms with Crippen molar-refractivity contribution in [2.45, 2.75) is 4.90 Å². The van der Waals surface area contributed by atoms with E-state index < -0.39 is 0 Å². The number of hydrogen-bond acceptors (Lipinski definition) is 3. The Morgan fingerprint density at radius 3 is 2.53 bits per heavy atom. The standard InChI is InChI=1S/C11H14NO2S/c1-4-14-11(13)12(2)9-5-7-10(15-3)8-6-9/h5-8H,1,4H2,2-3H3. The Morgan fingerprint density at radius 1 is 1.47 bits per heavy atom. The second-order valence-corrected chi connectivity index (χ2v) is 3.75. The van der Waals surface area contributed by atoms with E-state index in [0.29, 0.717) is 0 Å². The minimum atomic E-state index is -0.387. The first-order chi connectivity index (χ1) is 7.19. The highest BCUT2D eigenvalue weighted by Crippen LogP contribution is 2.19. The van der Waals surface area contributed by atoms with E-state index in [1.165, 1.54) is 4.90 Å². The molecule has 0 spiro atoms. The third-order valence-electron chi connectivity index (χ3n) is 1.96. The van der Waals surface area contributed by atoms with E-state index in [-0.39, 0.29) is 12.7 Å². The summed E-state index contributed by atoms with van der Waals surface area (Å²) in [7, 11) is 1.67. The maximum absolute atomic E-state index is 11.4. The molecule has 0 aliphatic heterocycles. The summed E-state index contributed by atoms with van der Waals surface area (Å²) in [6.07, 6.45) is 1.62. The van der Waals surface area contributed by atoms with E-state index in [4.69, 9.17) is 4.74 Å². The van der Waals surface area contributed by atoms with Gasteiger partial charge in [-0.1, -0.05) is 0 Å². The molecule has 0 aromatic heterocycles. The average Bonchev–Trinajstić information content (AvgIpc) is 2.28. The van der Waals surface area contributed by atoms with Gasteiger partial charge in [0.25, 0.3) is 0 Å². The molecule has 0 aliphatic rings. The maximum Gasteiger partial charge on any atom is 0.414 e. The van der Waals surface area contributed by atoms with Gasteiger partial charge < -0.3 is 4.74 Å². The fourth-order valence-electron chi connectivity index (χ4n) is 1.10. The van der Waals surface area contributed by atoms with Crippen molar-refractivity contribution in [3.8, 4) is 0 Å². The molecule has 0 unspecified atom stereocenters. The molecule has 3 nitrogen and oxygen atoms in total. The number of carbonyl (C=O) groups excluding carboxylic acids is 1. The zero-order valence-corrected chi connectivity index (χ0v) is 9.71. The van der Waals surface area contributed by atoms with Crippen LogP contribution in [0.4, 0.5) is 10.5 Å². The van der Waals surface area contributed by atoms with Crippen LogP contribution in [-0.4, -0.2) is 26.0 Å². The summed E-state index contributed by atoms with van der Waals surface area (Å²) in [4.78, 5) is 14.0. The molecule has 1 aromatic rings. The molecule has 0 bridgehead atoms. The topological polar surface area (TPSA) is 29.5 Å². The van der Waals surface area contributed by atoms with Crippen LogP contribution >= 0.6 is 11.8 Å². The van der Waals surface area contributed by atoms with Crippen molar-refractivity contribution < 1.29 is 9.53 Å². The first kappa shape index (κ1) is 11.9. The molecule has 15 heavy (non-hydrogen) atoms. The van der Waals surface area contributed by atoms with E-state index in [9.17, 15) is 4.79 Å². The molecule has 81 valence electrons. The van der Waals surface area contributed by atoms with Crippen molar-refractivity contribution in [1.82, 2.24) is 0 Å². The summed E-state index contributed by atoms with van der Waals surface area (Å²) in [6, 6.07) is 7.70. The van der Waals surface area contributed by atoms with Gasteiger partial charge >= 0.3 is 6.09 Å². The third-order valence-corrected chi connectivity index (χ3v) is 2.70. The van der Waals surface area contributed by atoms with E-state index in [2.05, 4.69) is 6.92 Å². The maximum atomic E-state index is 11.4. The number of hydrogen-bond donors (Lipinski definition) is 0. The van der Waals surface area contributed by atoms with Gasteiger partial charge in [0.2, 0.25) is 0 Å². The number of rotatable bonds is 3. The summed E-state index contributed by atoms with van der Waals surface area (Å²) in [5.41, 5.74) is 0.811. The van der Waals surface area contributed by atoms with Gasteiger partial charge in [-0.15, -0.1) is 11.8 Å². The van der Waals surface area contributed by atoms with Crippen molar-refractivity contribution >= 4 is 23.5 Å². The number of nitrogens with zero attached hydrogens (tertiary/aromatic N) is 1. The first-order valence-electron chi connectivity index (χ1n) is 4.53. The Kier molecular flexibility index (Phi) is 4.49. The Bertz CT molecular complexity index is 324. The number of amides is 1. The first-order valence-corrected chi connectivity index (χ1v) is 5.75. The van der Waals surface area contributed by atoms with Crippen molar-refractivity contribution in [3.05, 3.63) is 31.2 Å². The molecule has 1 amide bonds. The smallest absolute Gasteiger partial charge is 0.414 e. The van der Waals surface area contributed by atoms with Crippen molar-refractivity contribution in [3.63, 3.8) is 0 Å². The van der Waals surface area contributed by atoms with Crippen LogP contribution < -0.4 is 4.90 Å². The van der Waals surface area contributed by atoms with Crippen LogP contribution in [0.1, 0.15) is 0 Å². The Morgan fingerprint density at radius 2 is 2.07 bits per heavy atom. The lowest BCUT2D eigenvalue weighted by atomic mass is 10.3. The minimum absolute atomic E-state index is 0.145. The molecule has 1 aromatic carbocycles. The fraction of sp³-hybridized carbons (Fsp3) is 0.273. The van der Waals surface area contributed by atoms with E-state index >= 15 is 0 Å². The highest BCUT2D eigenvalue weighted by molar-refractivity contribution is 7.98. The number of benzene rings is 1. The molecule has 0 atom stereocenters. The Balaban J connectivity index is 2.73. The van der Waals surface area contributed by atoms with Gasteiger partial charge in [-0.2, -0.15) is 0 Å². The van der Waals surface area contributed by atoms with Crippen LogP contribution in [0, 0.1) is 6.92 Å². The van der Waals surface area contributed by atoms with Gasteiger partial charge in [0, 0.05) is 17.6 Å². The zero-order valence-electron chi connectivity index (χ0n) is 8.90. The van der Waals surface area contributed by atoms with Gasteiger partial charge in [0.05, 0.1) is 6.61 Å². The summed E-state index contributed by atoms with van der Waals surface area (Å²) in [6.45, 7) is 3.60. The molecular weight excluding hydrogens is 210 g/mol. The molecule has 1 radical (unpaired) electrons. The van der Waals surface area contributed by atoms with Crippen molar-refractivity contribution in [2.24, 2.45) is 0 Å². The average molecular weight is 224 g/mol. The van der Waals surface area contributed by atoms with E-state index in [1.807, 2.05) is 30.5 Å². The molecule has 0 fully saturated rings. The fourth-order valence-corrected chi connectivity index (χ4v) is 1.50. The van der Waals surface area contributed by atoms with Gasteiger partial charge in [-0.3, -0.25) is 4.90 Å². The Hall–Kier alpha value is -1.16. The van der Waals surface area contributed by atoms with Crippen LogP contribution in [0.15, 0.2) is 29.2 Å².